The molecule has 31 heavy (non-hydrogen) atoms. The molecule has 10 heteroatoms. The second kappa shape index (κ2) is 12.9. The molecule has 0 aromatic heterocycles. The topological polar surface area (TPSA) is 142 Å². The maximum Gasteiger partial charge on any atom is 0.326 e. The van der Waals surface area contributed by atoms with E-state index in [4.69, 9.17) is 5.73 Å². The first kappa shape index (κ1) is 27.2. The van der Waals surface area contributed by atoms with E-state index in [0.717, 1.165) is 0 Å². The standard InChI is InChI=1S/C21H38N4O5S/c1-12(2)11-14(22)18(26)23-15(8-10-31-5)19(27)24-17(13(3)4)20(28)25-9-6-7-16(25)21(29)30/h12-17H,6-11,22H2,1-5H3,(H,23,26)(H,24,27)(H,29,30). The molecule has 0 bridgehead atoms. The third-order valence-electron chi connectivity index (χ3n) is 5.36. The summed E-state index contributed by atoms with van der Waals surface area (Å²) >= 11 is 1.55. The molecule has 0 saturated carbocycles. The van der Waals surface area contributed by atoms with Gasteiger partial charge in [0.05, 0.1) is 6.04 Å². The van der Waals surface area contributed by atoms with Crippen LogP contribution in [0.25, 0.3) is 0 Å². The van der Waals surface area contributed by atoms with Crippen LogP contribution >= 0.6 is 11.8 Å². The first-order valence-corrected chi connectivity index (χ1v) is 12.3. The zero-order valence-electron chi connectivity index (χ0n) is 19.2. The van der Waals surface area contributed by atoms with Crippen molar-refractivity contribution < 1.29 is 24.3 Å². The molecular weight excluding hydrogens is 420 g/mol. The SMILES string of the molecule is CSCCC(NC(=O)C(N)CC(C)C)C(=O)NC(C(=O)N1CCCC1C(=O)O)C(C)C. The van der Waals surface area contributed by atoms with Gasteiger partial charge in [0.15, 0.2) is 0 Å². The number of nitrogens with one attached hydrogen (secondary N) is 2. The molecule has 1 saturated heterocycles. The van der Waals surface area contributed by atoms with Crippen molar-refractivity contribution in [3.63, 3.8) is 0 Å². The van der Waals surface area contributed by atoms with Crippen molar-refractivity contribution in [3.05, 3.63) is 0 Å². The van der Waals surface area contributed by atoms with Gasteiger partial charge in [0.1, 0.15) is 18.1 Å². The van der Waals surface area contributed by atoms with Gasteiger partial charge in [-0.1, -0.05) is 27.7 Å². The zero-order chi connectivity index (χ0) is 23.7. The summed E-state index contributed by atoms with van der Waals surface area (Å²) in [5, 5.41) is 14.9. The molecule has 1 heterocycles. The average molecular weight is 459 g/mol. The summed E-state index contributed by atoms with van der Waals surface area (Å²) in [6.45, 7) is 7.87. The molecular formula is C21H38N4O5S. The van der Waals surface area contributed by atoms with Crippen LogP contribution in [0.2, 0.25) is 0 Å². The Morgan fingerprint density at radius 2 is 1.77 bits per heavy atom. The van der Waals surface area contributed by atoms with Crippen molar-refractivity contribution in [3.8, 4) is 0 Å². The summed E-state index contributed by atoms with van der Waals surface area (Å²) < 4.78 is 0. The summed E-state index contributed by atoms with van der Waals surface area (Å²) in [4.78, 5) is 51.4. The number of amides is 3. The van der Waals surface area contributed by atoms with Crippen LogP contribution in [-0.2, 0) is 19.2 Å². The van der Waals surface area contributed by atoms with E-state index < -0.39 is 47.9 Å². The largest absolute Gasteiger partial charge is 0.480 e. The van der Waals surface area contributed by atoms with E-state index in [1.807, 2.05) is 20.1 Å². The van der Waals surface area contributed by atoms with E-state index >= 15 is 0 Å². The maximum absolute atomic E-state index is 13.1. The first-order valence-electron chi connectivity index (χ1n) is 10.9. The molecule has 0 radical (unpaired) electrons. The first-order chi connectivity index (χ1) is 14.5. The van der Waals surface area contributed by atoms with Gasteiger partial charge in [-0.25, -0.2) is 4.79 Å². The fraction of sp³-hybridized carbons (Fsp3) is 0.810. The van der Waals surface area contributed by atoms with Gasteiger partial charge in [-0.05, 0) is 49.5 Å². The minimum absolute atomic E-state index is 0.241. The number of rotatable bonds is 12. The Morgan fingerprint density at radius 1 is 1.13 bits per heavy atom. The molecule has 0 aromatic rings. The van der Waals surface area contributed by atoms with E-state index in [1.54, 1.807) is 25.6 Å². The van der Waals surface area contributed by atoms with Crippen LogP contribution in [-0.4, -0.2) is 76.4 Å². The monoisotopic (exact) mass is 458 g/mol. The van der Waals surface area contributed by atoms with Crippen LogP contribution in [0.5, 0.6) is 0 Å². The molecule has 1 rings (SSSR count). The Balaban J connectivity index is 2.92. The quantitative estimate of drug-likeness (QED) is 0.339. The number of nitrogens with zero attached hydrogens (tertiary/aromatic N) is 1. The lowest BCUT2D eigenvalue weighted by Gasteiger charge is -2.30. The lowest BCUT2D eigenvalue weighted by molar-refractivity contribution is -0.150. The zero-order valence-corrected chi connectivity index (χ0v) is 20.0. The van der Waals surface area contributed by atoms with Gasteiger partial charge >= 0.3 is 5.97 Å². The van der Waals surface area contributed by atoms with E-state index in [2.05, 4.69) is 10.6 Å². The van der Waals surface area contributed by atoms with Gasteiger partial charge in [-0.2, -0.15) is 11.8 Å². The van der Waals surface area contributed by atoms with E-state index in [0.29, 0.717) is 38.0 Å². The smallest absolute Gasteiger partial charge is 0.326 e. The lowest BCUT2D eigenvalue weighted by Crippen LogP contribution is -2.58. The van der Waals surface area contributed by atoms with E-state index in [-0.39, 0.29) is 11.8 Å². The highest BCUT2D eigenvalue weighted by atomic mass is 32.2. The van der Waals surface area contributed by atoms with Crippen LogP contribution in [0.15, 0.2) is 0 Å². The Bertz CT molecular complexity index is 643. The van der Waals surface area contributed by atoms with Crippen molar-refractivity contribution in [2.75, 3.05) is 18.6 Å². The third kappa shape index (κ3) is 8.33. The Hall–Kier alpha value is -1.81. The molecule has 0 aliphatic carbocycles. The maximum atomic E-state index is 13.1. The van der Waals surface area contributed by atoms with Gasteiger partial charge < -0.3 is 26.4 Å². The predicted molar refractivity (Wildman–Crippen MR) is 121 cm³/mol. The van der Waals surface area contributed by atoms with Crippen LogP contribution in [0.4, 0.5) is 0 Å². The Kier molecular flexibility index (Phi) is 11.3. The van der Waals surface area contributed by atoms with Gasteiger partial charge in [-0.3, -0.25) is 14.4 Å². The molecule has 1 aliphatic rings. The number of hydrogen-bond acceptors (Lipinski definition) is 6. The predicted octanol–water partition coefficient (Wildman–Crippen LogP) is 0.814. The van der Waals surface area contributed by atoms with Crippen LogP contribution < -0.4 is 16.4 Å². The molecule has 0 spiro atoms. The number of aliphatic carboxylic acids is 1. The molecule has 1 aliphatic heterocycles. The normalized spacial score (nSPS) is 19.2. The fourth-order valence-electron chi connectivity index (χ4n) is 3.63. The second-order valence-electron chi connectivity index (χ2n) is 8.84. The number of thioether (sulfide) groups is 1. The number of likely N-dealkylation sites (tertiary alicyclic amines) is 1. The Labute approximate surface area is 189 Å². The molecule has 178 valence electrons. The second-order valence-corrected chi connectivity index (χ2v) is 9.82. The van der Waals surface area contributed by atoms with E-state index in [9.17, 15) is 24.3 Å². The summed E-state index contributed by atoms with van der Waals surface area (Å²) in [5.74, 6) is -1.66. The number of carboxylic acids is 1. The van der Waals surface area contributed by atoms with Gasteiger partial charge in [0, 0.05) is 6.54 Å². The number of carboxylic acid groups (broad SMARTS) is 1. The van der Waals surface area contributed by atoms with Crippen molar-refractivity contribution in [1.29, 1.82) is 0 Å². The summed E-state index contributed by atoms with van der Waals surface area (Å²) in [6.07, 6.45) is 3.82. The molecule has 4 unspecified atom stereocenters. The minimum Gasteiger partial charge on any atom is -0.480 e. The van der Waals surface area contributed by atoms with Gasteiger partial charge in [0.2, 0.25) is 17.7 Å². The molecule has 1 fully saturated rings. The molecule has 0 aromatic carbocycles. The van der Waals surface area contributed by atoms with Crippen LogP contribution in [0.1, 0.15) is 53.4 Å². The molecule has 5 N–H and O–H groups in total. The number of carbonyl (C=O) groups excluding carboxylic acids is 3. The summed E-state index contributed by atoms with van der Waals surface area (Å²) in [5.41, 5.74) is 5.95. The molecule has 3 amide bonds. The number of carbonyl (C=O) groups is 4. The minimum atomic E-state index is -1.04. The van der Waals surface area contributed by atoms with E-state index in [1.165, 1.54) is 4.90 Å². The molecule has 4 atom stereocenters. The van der Waals surface area contributed by atoms with Crippen LogP contribution in [0.3, 0.4) is 0 Å². The van der Waals surface area contributed by atoms with Gasteiger partial charge in [0.25, 0.3) is 0 Å². The highest BCUT2D eigenvalue weighted by Crippen LogP contribution is 2.20. The van der Waals surface area contributed by atoms with Crippen molar-refractivity contribution in [2.24, 2.45) is 17.6 Å². The summed E-state index contributed by atoms with van der Waals surface area (Å²) in [7, 11) is 0. The van der Waals surface area contributed by atoms with Crippen molar-refractivity contribution in [1.82, 2.24) is 15.5 Å². The fourth-order valence-corrected chi connectivity index (χ4v) is 4.10. The molecule has 9 nitrogen and oxygen atoms in total. The van der Waals surface area contributed by atoms with Crippen LogP contribution in [0, 0.1) is 11.8 Å². The Morgan fingerprint density at radius 3 is 2.29 bits per heavy atom. The van der Waals surface area contributed by atoms with Crippen molar-refractivity contribution >= 4 is 35.5 Å². The van der Waals surface area contributed by atoms with Crippen molar-refractivity contribution in [2.45, 2.75) is 77.5 Å². The third-order valence-corrected chi connectivity index (χ3v) is 6.00. The lowest BCUT2D eigenvalue weighted by atomic mass is 10.0. The summed E-state index contributed by atoms with van der Waals surface area (Å²) in [6, 6.07) is -3.27. The highest BCUT2D eigenvalue weighted by Gasteiger charge is 2.39. The van der Waals surface area contributed by atoms with Gasteiger partial charge in [-0.15, -0.1) is 0 Å². The number of nitrogens with two attached hydrogens (primary N) is 1. The average Bonchev–Trinajstić information content (AvgIpc) is 3.17. The number of hydrogen-bond donors (Lipinski definition) is 4. The highest BCUT2D eigenvalue weighted by molar-refractivity contribution is 7.98.